The van der Waals surface area contributed by atoms with E-state index in [1.54, 1.807) is 12.1 Å². The summed E-state index contributed by atoms with van der Waals surface area (Å²) in [6.07, 6.45) is 0.548. The number of para-hydroxylation sites is 1. The van der Waals surface area contributed by atoms with Crippen LogP contribution in [0.25, 0.3) is 0 Å². The van der Waals surface area contributed by atoms with Crippen LogP contribution in [-0.2, 0) is 9.59 Å². The SMILES string of the molecule is CC(C(=O)O)N(C)C(=O)CCCOc1ccccc1F. The van der Waals surface area contributed by atoms with Crippen LogP contribution in [0.2, 0.25) is 0 Å². The van der Waals surface area contributed by atoms with Crippen LogP contribution in [0.15, 0.2) is 24.3 Å². The molecule has 0 radical (unpaired) electrons. The Bertz CT molecular complexity index is 478. The van der Waals surface area contributed by atoms with Gasteiger partial charge in [-0.25, -0.2) is 9.18 Å². The average Bonchev–Trinajstić information content (AvgIpc) is 2.43. The van der Waals surface area contributed by atoms with Crippen molar-refractivity contribution in [1.29, 1.82) is 0 Å². The van der Waals surface area contributed by atoms with Gasteiger partial charge in [0.1, 0.15) is 6.04 Å². The molecule has 20 heavy (non-hydrogen) atoms. The number of amides is 1. The van der Waals surface area contributed by atoms with E-state index in [2.05, 4.69) is 0 Å². The van der Waals surface area contributed by atoms with Crippen molar-refractivity contribution in [2.24, 2.45) is 0 Å². The molecule has 0 bridgehead atoms. The number of benzene rings is 1. The fraction of sp³-hybridized carbons (Fsp3) is 0.429. The molecular formula is C14H18FNO4. The van der Waals surface area contributed by atoms with Gasteiger partial charge in [0.25, 0.3) is 0 Å². The van der Waals surface area contributed by atoms with Gasteiger partial charge >= 0.3 is 5.97 Å². The monoisotopic (exact) mass is 283 g/mol. The number of aliphatic carboxylic acids is 1. The molecule has 0 aliphatic carbocycles. The van der Waals surface area contributed by atoms with Crippen LogP contribution in [0, 0.1) is 5.82 Å². The van der Waals surface area contributed by atoms with E-state index in [9.17, 15) is 14.0 Å². The van der Waals surface area contributed by atoms with E-state index in [0.29, 0.717) is 6.42 Å². The molecular weight excluding hydrogens is 265 g/mol. The third kappa shape index (κ3) is 4.53. The number of carbonyl (C=O) groups is 2. The van der Waals surface area contributed by atoms with Crippen LogP contribution < -0.4 is 4.74 Å². The van der Waals surface area contributed by atoms with Crippen LogP contribution in [0.5, 0.6) is 5.75 Å². The molecule has 0 saturated carbocycles. The highest BCUT2D eigenvalue weighted by Gasteiger charge is 2.20. The largest absolute Gasteiger partial charge is 0.491 e. The van der Waals surface area contributed by atoms with E-state index in [1.165, 1.54) is 31.0 Å². The fourth-order valence-electron chi connectivity index (χ4n) is 1.53. The van der Waals surface area contributed by atoms with Gasteiger partial charge in [-0.1, -0.05) is 12.1 Å². The van der Waals surface area contributed by atoms with Crippen molar-refractivity contribution in [3.63, 3.8) is 0 Å². The Kier molecular flexibility index (Phi) is 5.96. The Balaban J connectivity index is 2.33. The van der Waals surface area contributed by atoms with Gasteiger partial charge in [-0.05, 0) is 25.5 Å². The predicted molar refractivity (Wildman–Crippen MR) is 71.0 cm³/mol. The third-order valence-electron chi connectivity index (χ3n) is 2.96. The van der Waals surface area contributed by atoms with Crippen molar-refractivity contribution in [3.05, 3.63) is 30.1 Å². The second-order valence-electron chi connectivity index (χ2n) is 4.40. The third-order valence-corrected chi connectivity index (χ3v) is 2.96. The number of ether oxygens (including phenoxy) is 1. The lowest BCUT2D eigenvalue weighted by Crippen LogP contribution is -2.40. The molecule has 0 aliphatic heterocycles. The number of halogens is 1. The van der Waals surface area contributed by atoms with Crippen LogP contribution in [0.3, 0.4) is 0 Å². The van der Waals surface area contributed by atoms with Crippen LogP contribution >= 0.6 is 0 Å². The Hall–Kier alpha value is -2.11. The maximum absolute atomic E-state index is 13.2. The number of nitrogens with zero attached hydrogens (tertiary/aromatic N) is 1. The van der Waals surface area contributed by atoms with E-state index >= 15 is 0 Å². The van der Waals surface area contributed by atoms with Crippen molar-refractivity contribution < 1.29 is 23.8 Å². The summed E-state index contributed by atoms with van der Waals surface area (Å²) in [4.78, 5) is 23.6. The highest BCUT2D eigenvalue weighted by atomic mass is 19.1. The molecule has 0 heterocycles. The van der Waals surface area contributed by atoms with E-state index in [-0.39, 0.29) is 24.7 Å². The van der Waals surface area contributed by atoms with Crippen molar-refractivity contribution in [2.75, 3.05) is 13.7 Å². The zero-order valence-electron chi connectivity index (χ0n) is 11.5. The van der Waals surface area contributed by atoms with E-state index in [0.717, 1.165) is 0 Å². The molecule has 110 valence electrons. The van der Waals surface area contributed by atoms with E-state index in [4.69, 9.17) is 9.84 Å². The topological polar surface area (TPSA) is 66.8 Å². The molecule has 6 heteroatoms. The zero-order valence-corrected chi connectivity index (χ0v) is 11.5. The smallest absolute Gasteiger partial charge is 0.326 e. The molecule has 0 aromatic heterocycles. The Labute approximate surface area is 117 Å². The summed E-state index contributed by atoms with van der Waals surface area (Å²) >= 11 is 0. The van der Waals surface area contributed by atoms with Crippen molar-refractivity contribution >= 4 is 11.9 Å². The summed E-state index contributed by atoms with van der Waals surface area (Å²) in [5.41, 5.74) is 0. The van der Waals surface area contributed by atoms with Gasteiger partial charge in [-0.3, -0.25) is 4.79 Å². The maximum atomic E-state index is 13.2. The number of rotatable bonds is 7. The van der Waals surface area contributed by atoms with Crippen molar-refractivity contribution in [1.82, 2.24) is 4.90 Å². The Morgan fingerprint density at radius 1 is 1.40 bits per heavy atom. The second-order valence-corrected chi connectivity index (χ2v) is 4.40. The summed E-state index contributed by atoms with van der Waals surface area (Å²) in [6.45, 7) is 1.64. The molecule has 0 aliphatic rings. The van der Waals surface area contributed by atoms with Gasteiger partial charge in [0, 0.05) is 13.5 Å². The highest BCUT2D eigenvalue weighted by molar-refractivity contribution is 5.83. The number of hydrogen-bond donors (Lipinski definition) is 1. The Morgan fingerprint density at radius 3 is 2.65 bits per heavy atom. The minimum atomic E-state index is -1.05. The average molecular weight is 283 g/mol. The number of likely N-dealkylation sites (N-methyl/N-ethyl adjacent to an activating group) is 1. The van der Waals surface area contributed by atoms with Crippen LogP contribution in [0.1, 0.15) is 19.8 Å². The summed E-state index contributed by atoms with van der Waals surface area (Å²) in [6, 6.07) is 5.16. The molecule has 1 unspecified atom stereocenters. The number of carboxylic acids is 1. The van der Waals surface area contributed by atoms with Crippen LogP contribution in [-0.4, -0.2) is 41.6 Å². The predicted octanol–water partition coefficient (Wildman–Crippen LogP) is 1.92. The quantitative estimate of drug-likeness (QED) is 0.776. The highest BCUT2D eigenvalue weighted by Crippen LogP contribution is 2.15. The number of carboxylic acid groups (broad SMARTS) is 1. The molecule has 0 spiro atoms. The minimum Gasteiger partial charge on any atom is -0.491 e. The van der Waals surface area contributed by atoms with Gasteiger partial charge < -0.3 is 14.7 Å². The summed E-state index contributed by atoms with van der Waals surface area (Å²) in [5.74, 6) is -1.64. The first-order valence-electron chi connectivity index (χ1n) is 6.29. The molecule has 1 aromatic carbocycles. The minimum absolute atomic E-state index is 0.146. The first-order chi connectivity index (χ1) is 9.43. The molecule has 1 atom stereocenters. The molecule has 5 nitrogen and oxygen atoms in total. The number of hydrogen-bond acceptors (Lipinski definition) is 3. The van der Waals surface area contributed by atoms with E-state index < -0.39 is 17.8 Å². The lowest BCUT2D eigenvalue weighted by Gasteiger charge is -2.21. The molecule has 1 amide bonds. The van der Waals surface area contributed by atoms with Crippen molar-refractivity contribution in [2.45, 2.75) is 25.8 Å². The molecule has 1 aromatic rings. The van der Waals surface area contributed by atoms with Gasteiger partial charge in [-0.15, -0.1) is 0 Å². The van der Waals surface area contributed by atoms with Gasteiger partial charge in [0.05, 0.1) is 6.61 Å². The maximum Gasteiger partial charge on any atom is 0.326 e. The van der Waals surface area contributed by atoms with Gasteiger partial charge in [0.2, 0.25) is 5.91 Å². The van der Waals surface area contributed by atoms with Crippen LogP contribution in [0.4, 0.5) is 4.39 Å². The Morgan fingerprint density at radius 2 is 2.05 bits per heavy atom. The molecule has 1 N–H and O–H groups in total. The molecule has 0 fully saturated rings. The summed E-state index contributed by atoms with van der Waals surface area (Å²) in [5, 5.41) is 8.79. The van der Waals surface area contributed by atoms with Gasteiger partial charge in [-0.2, -0.15) is 0 Å². The van der Waals surface area contributed by atoms with Crippen molar-refractivity contribution in [3.8, 4) is 5.75 Å². The lowest BCUT2D eigenvalue weighted by atomic mass is 10.2. The summed E-state index contributed by atoms with van der Waals surface area (Å²) < 4.78 is 18.4. The molecule has 1 rings (SSSR count). The fourth-order valence-corrected chi connectivity index (χ4v) is 1.53. The normalized spacial score (nSPS) is 11.8. The molecule has 0 saturated heterocycles. The standard InChI is InChI=1S/C14H18FNO4/c1-10(14(18)19)16(2)13(17)8-5-9-20-12-7-4-3-6-11(12)15/h3-4,6-7,10H,5,8-9H2,1-2H3,(H,18,19). The number of carbonyl (C=O) groups excluding carboxylic acids is 1. The lowest BCUT2D eigenvalue weighted by molar-refractivity contribution is -0.148. The van der Waals surface area contributed by atoms with Gasteiger partial charge in [0.15, 0.2) is 11.6 Å². The summed E-state index contributed by atoms with van der Waals surface area (Å²) in [7, 11) is 1.44. The zero-order chi connectivity index (χ0) is 15.1. The first kappa shape index (κ1) is 15.9. The van der Waals surface area contributed by atoms with E-state index in [1.807, 2.05) is 0 Å². The second kappa shape index (κ2) is 7.47. The first-order valence-corrected chi connectivity index (χ1v) is 6.29.